The average molecular weight is 287 g/mol. The standard InChI is InChI=1S/C17H22FN3/c1-4-6-16-20-15(11-17(21-16)19-9-5-2)14-8-7-13(18)10-12(14)3/h7-8,10-11H,4-6,9H2,1-3H3,(H,19,20,21). The molecule has 0 aliphatic carbocycles. The van der Waals surface area contributed by atoms with Crippen molar-refractivity contribution in [2.45, 2.75) is 40.0 Å². The van der Waals surface area contributed by atoms with Gasteiger partial charge < -0.3 is 5.32 Å². The van der Waals surface area contributed by atoms with E-state index in [-0.39, 0.29) is 5.82 Å². The number of halogens is 1. The molecule has 2 aromatic rings. The predicted molar refractivity (Wildman–Crippen MR) is 84.9 cm³/mol. The number of hydrogen-bond acceptors (Lipinski definition) is 3. The molecule has 0 saturated carbocycles. The van der Waals surface area contributed by atoms with E-state index in [2.05, 4.69) is 29.1 Å². The molecule has 1 N–H and O–H groups in total. The average Bonchev–Trinajstić information content (AvgIpc) is 2.45. The summed E-state index contributed by atoms with van der Waals surface area (Å²) in [7, 11) is 0. The third-order valence-corrected chi connectivity index (χ3v) is 3.27. The summed E-state index contributed by atoms with van der Waals surface area (Å²) in [6.45, 7) is 7.01. The maximum atomic E-state index is 13.3. The molecule has 21 heavy (non-hydrogen) atoms. The Morgan fingerprint density at radius 3 is 2.57 bits per heavy atom. The highest BCUT2D eigenvalue weighted by Crippen LogP contribution is 2.24. The number of benzene rings is 1. The molecule has 0 spiro atoms. The van der Waals surface area contributed by atoms with Gasteiger partial charge in [-0.2, -0.15) is 0 Å². The van der Waals surface area contributed by atoms with Gasteiger partial charge in [0.25, 0.3) is 0 Å². The van der Waals surface area contributed by atoms with E-state index in [0.717, 1.165) is 54.3 Å². The zero-order valence-corrected chi connectivity index (χ0v) is 12.9. The number of nitrogens with one attached hydrogen (secondary N) is 1. The fraction of sp³-hybridized carbons (Fsp3) is 0.412. The topological polar surface area (TPSA) is 37.8 Å². The minimum absolute atomic E-state index is 0.219. The second-order valence-corrected chi connectivity index (χ2v) is 5.19. The van der Waals surface area contributed by atoms with Crippen LogP contribution in [0, 0.1) is 12.7 Å². The third kappa shape index (κ3) is 4.00. The first-order chi connectivity index (χ1) is 10.1. The monoisotopic (exact) mass is 287 g/mol. The van der Waals surface area contributed by atoms with Crippen molar-refractivity contribution < 1.29 is 4.39 Å². The summed E-state index contributed by atoms with van der Waals surface area (Å²) in [5, 5.41) is 3.31. The van der Waals surface area contributed by atoms with Gasteiger partial charge in [-0.3, -0.25) is 0 Å². The van der Waals surface area contributed by atoms with E-state index in [0.29, 0.717) is 0 Å². The molecule has 0 amide bonds. The van der Waals surface area contributed by atoms with Crippen LogP contribution in [0.4, 0.5) is 10.2 Å². The second kappa shape index (κ2) is 7.16. The van der Waals surface area contributed by atoms with Gasteiger partial charge in [0.1, 0.15) is 17.5 Å². The third-order valence-electron chi connectivity index (χ3n) is 3.27. The van der Waals surface area contributed by atoms with Crippen molar-refractivity contribution in [2.24, 2.45) is 0 Å². The maximum Gasteiger partial charge on any atom is 0.131 e. The molecule has 0 saturated heterocycles. The molecule has 3 nitrogen and oxygen atoms in total. The molecule has 1 heterocycles. The maximum absolute atomic E-state index is 13.3. The van der Waals surface area contributed by atoms with E-state index >= 15 is 0 Å². The van der Waals surface area contributed by atoms with Gasteiger partial charge in [-0.15, -0.1) is 0 Å². The minimum Gasteiger partial charge on any atom is -0.370 e. The molecule has 112 valence electrons. The molecule has 0 atom stereocenters. The summed E-state index contributed by atoms with van der Waals surface area (Å²) in [6, 6.07) is 6.74. The number of aryl methyl sites for hydroxylation is 2. The second-order valence-electron chi connectivity index (χ2n) is 5.19. The molecular weight excluding hydrogens is 265 g/mol. The van der Waals surface area contributed by atoms with Crippen LogP contribution in [0.2, 0.25) is 0 Å². The number of rotatable bonds is 6. The van der Waals surface area contributed by atoms with Crippen LogP contribution in [0.25, 0.3) is 11.3 Å². The van der Waals surface area contributed by atoms with Crippen molar-refractivity contribution in [3.63, 3.8) is 0 Å². The van der Waals surface area contributed by atoms with Gasteiger partial charge in [0.2, 0.25) is 0 Å². The predicted octanol–water partition coefficient (Wildman–Crippen LogP) is 4.37. The van der Waals surface area contributed by atoms with Gasteiger partial charge in [0.15, 0.2) is 0 Å². The van der Waals surface area contributed by atoms with E-state index in [1.807, 2.05) is 13.0 Å². The van der Waals surface area contributed by atoms with E-state index in [1.54, 1.807) is 6.07 Å². The van der Waals surface area contributed by atoms with E-state index < -0.39 is 0 Å². The first-order valence-corrected chi connectivity index (χ1v) is 7.52. The molecule has 1 aromatic heterocycles. The van der Waals surface area contributed by atoms with Gasteiger partial charge in [-0.05, 0) is 43.5 Å². The SMILES string of the molecule is CCCNc1cc(-c2ccc(F)cc2C)nc(CCC)n1. The van der Waals surface area contributed by atoms with Gasteiger partial charge in [0.05, 0.1) is 5.69 Å². The molecular formula is C17H22FN3. The van der Waals surface area contributed by atoms with Crippen molar-refractivity contribution in [3.8, 4) is 11.3 Å². The smallest absolute Gasteiger partial charge is 0.131 e. The fourth-order valence-electron chi connectivity index (χ4n) is 2.23. The Bertz CT molecular complexity index is 611. The Balaban J connectivity index is 2.43. The van der Waals surface area contributed by atoms with Crippen LogP contribution in [0.1, 0.15) is 38.1 Å². The molecule has 0 bridgehead atoms. The lowest BCUT2D eigenvalue weighted by molar-refractivity contribution is 0.627. The first-order valence-electron chi connectivity index (χ1n) is 7.52. The van der Waals surface area contributed by atoms with E-state index in [9.17, 15) is 4.39 Å². The molecule has 1 aromatic carbocycles. The van der Waals surface area contributed by atoms with Gasteiger partial charge in [0, 0.05) is 24.6 Å². The van der Waals surface area contributed by atoms with Crippen molar-refractivity contribution in [3.05, 3.63) is 41.5 Å². The first kappa shape index (κ1) is 15.4. The van der Waals surface area contributed by atoms with Crippen molar-refractivity contribution in [2.75, 3.05) is 11.9 Å². The van der Waals surface area contributed by atoms with Crippen molar-refractivity contribution in [1.82, 2.24) is 9.97 Å². The van der Waals surface area contributed by atoms with Crippen LogP contribution < -0.4 is 5.32 Å². The molecule has 0 aliphatic rings. The summed E-state index contributed by atoms with van der Waals surface area (Å²) in [5.74, 6) is 1.45. The van der Waals surface area contributed by atoms with Crippen molar-refractivity contribution in [1.29, 1.82) is 0 Å². The minimum atomic E-state index is -0.219. The van der Waals surface area contributed by atoms with Crippen LogP contribution in [-0.2, 0) is 6.42 Å². The van der Waals surface area contributed by atoms with Crippen LogP contribution in [0.3, 0.4) is 0 Å². The summed E-state index contributed by atoms with van der Waals surface area (Å²) in [6.07, 6.45) is 2.88. The highest BCUT2D eigenvalue weighted by Gasteiger charge is 2.09. The van der Waals surface area contributed by atoms with Gasteiger partial charge >= 0.3 is 0 Å². The molecule has 0 unspecified atom stereocenters. The zero-order chi connectivity index (χ0) is 15.2. The van der Waals surface area contributed by atoms with E-state index in [1.165, 1.54) is 12.1 Å². The molecule has 4 heteroatoms. The largest absolute Gasteiger partial charge is 0.370 e. The van der Waals surface area contributed by atoms with Crippen LogP contribution >= 0.6 is 0 Å². The zero-order valence-electron chi connectivity index (χ0n) is 12.9. The van der Waals surface area contributed by atoms with Crippen LogP contribution in [0.15, 0.2) is 24.3 Å². The fourth-order valence-corrected chi connectivity index (χ4v) is 2.23. The number of nitrogens with zero attached hydrogens (tertiary/aromatic N) is 2. The summed E-state index contributed by atoms with van der Waals surface area (Å²) in [4.78, 5) is 9.16. The van der Waals surface area contributed by atoms with E-state index in [4.69, 9.17) is 0 Å². The van der Waals surface area contributed by atoms with Gasteiger partial charge in [-0.1, -0.05) is 13.8 Å². The number of hydrogen-bond donors (Lipinski definition) is 1. The summed E-state index contributed by atoms with van der Waals surface area (Å²) in [5.41, 5.74) is 2.69. The lowest BCUT2D eigenvalue weighted by Crippen LogP contribution is -2.06. The van der Waals surface area contributed by atoms with Crippen molar-refractivity contribution >= 4 is 5.82 Å². The normalized spacial score (nSPS) is 10.7. The Morgan fingerprint density at radius 1 is 1.10 bits per heavy atom. The molecule has 0 fully saturated rings. The Labute approximate surface area is 125 Å². The molecule has 0 aliphatic heterocycles. The quantitative estimate of drug-likeness (QED) is 0.857. The highest BCUT2D eigenvalue weighted by molar-refractivity contribution is 5.66. The Kier molecular flexibility index (Phi) is 5.26. The number of aromatic nitrogens is 2. The highest BCUT2D eigenvalue weighted by atomic mass is 19.1. The number of anilines is 1. The van der Waals surface area contributed by atoms with Crippen LogP contribution in [-0.4, -0.2) is 16.5 Å². The molecule has 2 rings (SSSR count). The lowest BCUT2D eigenvalue weighted by Gasteiger charge is -2.11. The summed E-state index contributed by atoms with van der Waals surface area (Å²) < 4.78 is 13.3. The Morgan fingerprint density at radius 2 is 1.90 bits per heavy atom. The van der Waals surface area contributed by atoms with Gasteiger partial charge in [-0.25, -0.2) is 14.4 Å². The Hall–Kier alpha value is -1.97. The molecule has 0 radical (unpaired) electrons. The van der Waals surface area contributed by atoms with Crippen LogP contribution in [0.5, 0.6) is 0 Å². The summed E-state index contributed by atoms with van der Waals surface area (Å²) >= 11 is 0. The lowest BCUT2D eigenvalue weighted by atomic mass is 10.1.